The van der Waals surface area contributed by atoms with E-state index in [0.29, 0.717) is 79.3 Å². The Labute approximate surface area is 240 Å². The molecule has 1 aliphatic rings. The van der Waals surface area contributed by atoms with Crippen LogP contribution in [0, 0.1) is 0 Å². The number of carbonyl (C=O) groups excluding carboxylic acids is 2. The molecule has 0 atom stereocenters. The number of hydrogen-bond acceptors (Lipinski definition) is 8. The zero-order valence-electron chi connectivity index (χ0n) is 23.9. The van der Waals surface area contributed by atoms with E-state index >= 15 is 0 Å². The Morgan fingerprint density at radius 3 is 2.17 bits per heavy atom. The molecular weight excluding hydrogens is 528 g/mol. The molecule has 10 heteroatoms. The maximum atomic E-state index is 13.3. The minimum Gasteiger partial charge on any atom is -0.497 e. The molecule has 0 saturated carbocycles. The van der Waals surface area contributed by atoms with Crippen molar-refractivity contribution in [2.75, 3.05) is 56.9 Å². The van der Waals surface area contributed by atoms with Crippen LogP contribution in [0.15, 0.2) is 54.6 Å². The van der Waals surface area contributed by atoms with Crippen LogP contribution >= 0.6 is 0 Å². The Hall–Kier alpha value is -4.60. The van der Waals surface area contributed by atoms with Gasteiger partial charge in [-0.25, -0.2) is 0 Å². The average Bonchev–Trinajstić information content (AvgIpc) is 2.98. The van der Waals surface area contributed by atoms with Crippen molar-refractivity contribution in [1.29, 1.82) is 0 Å². The Balaban J connectivity index is 1.47. The summed E-state index contributed by atoms with van der Waals surface area (Å²) in [6, 6.07) is 15.8. The van der Waals surface area contributed by atoms with Crippen molar-refractivity contribution in [3.8, 4) is 34.5 Å². The number of nitrogens with zero attached hydrogens (tertiary/aromatic N) is 1. The van der Waals surface area contributed by atoms with Gasteiger partial charge in [-0.05, 0) is 81.8 Å². The third-order valence-electron chi connectivity index (χ3n) is 6.19. The molecule has 0 fully saturated rings. The van der Waals surface area contributed by atoms with Crippen molar-refractivity contribution in [2.24, 2.45) is 0 Å². The zero-order valence-corrected chi connectivity index (χ0v) is 23.9. The summed E-state index contributed by atoms with van der Waals surface area (Å²) in [5.41, 5.74) is 1.44. The van der Waals surface area contributed by atoms with Crippen molar-refractivity contribution in [1.82, 2.24) is 0 Å². The maximum Gasteiger partial charge on any atom is 0.265 e. The van der Waals surface area contributed by atoms with E-state index in [9.17, 15) is 9.59 Å². The van der Waals surface area contributed by atoms with Crippen LogP contribution in [0.25, 0.3) is 0 Å². The highest BCUT2D eigenvalue weighted by molar-refractivity contribution is 6.06. The fourth-order valence-corrected chi connectivity index (χ4v) is 4.33. The Bertz CT molecular complexity index is 1320. The monoisotopic (exact) mass is 564 g/mol. The second-order valence-corrected chi connectivity index (χ2v) is 8.95. The van der Waals surface area contributed by atoms with Crippen LogP contribution < -0.4 is 38.6 Å². The van der Waals surface area contributed by atoms with Gasteiger partial charge in [-0.1, -0.05) is 0 Å². The molecule has 0 bridgehead atoms. The van der Waals surface area contributed by atoms with Crippen LogP contribution in [0.2, 0.25) is 0 Å². The van der Waals surface area contributed by atoms with Gasteiger partial charge in [-0.3, -0.25) is 9.59 Å². The van der Waals surface area contributed by atoms with Crippen molar-refractivity contribution in [3.05, 3.63) is 60.2 Å². The topological polar surface area (TPSA) is 105 Å². The molecule has 4 rings (SSSR count). The number of anilines is 2. The molecule has 0 saturated heterocycles. The molecular formula is C31H36N2O8. The van der Waals surface area contributed by atoms with Gasteiger partial charge in [-0.15, -0.1) is 0 Å². The van der Waals surface area contributed by atoms with Gasteiger partial charge in [0, 0.05) is 17.8 Å². The number of carbonyl (C=O) groups is 2. The number of ether oxygens (including phenoxy) is 6. The molecule has 1 N–H and O–H groups in total. The van der Waals surface area contributed by atoms with Gasteiger partial charge >= 0.3 is 0 Å². The highest BCUT2D eigenvalue weighted by Gasteiger charge is 2.26. The predicted octanol–water partition coefficient (Wildman–Crippen LogP) is 5.34. The lowest BCUT2D eigenvalue weighted by Gasteiger charge is -2.30. The number of hydrogen-bond donors (Lipinski definition) is 1. The first-order valence-corrected chi connectivity index (χ1v) is 13.7. The molecule has 0 aliphatic carbocycles. The number of amides is 2. The second kappa shape index (κ2) is 14.2. The number of rotatable bonds is 14. The molecule has 41 heavy (non-hydrogen) atoms. The Morgan fingerprint density at radius 2 is 1.54 bits per heavy atom. The molecule has 0 unspecified atom stereocenters. The van der Waals surface area contributed by atoms with Crippen molar-refractivity contribution in [3.63, 3.8) is 0 Å². The predicted molar refractivity (Wildman–Crippen MR) is 155 cm³/mol. The largest absolute Gasteiger partial charge is 0.497 e. The van der Waals surface area contributed by atoms with Crippen LogP contribution in [0.4, 0.5) is 11.4 Å². The van der Waals surface area contributed by atoms with E-state index in [4.69, 9.17) is 28.4 Å². The molecule has 2 amide bonds. The average molecular weight is 565 g/mol. The van der Waals surface area contributed by atoms with Gasteiger partial charge in [0.1, 0.15) is 17.2 Å². The number of nitrogens with one attached hydrogen (secondary N) is 1. The Morgan fingerprint density at radius 1 is 0.878 bits per heavy atom. The number of benzene rings is 3. The normalized spacial score (nSPS) is 12.2. The molecule has 0 radical (unpaired) electrons. The van der Waals surface area contributed by atoms with Crippen molar-refractivity contribution < 1.29 is 38.0 Å². The van der Waals surface area contributed by atoms with E-state index < -0.39 is 0 Å². The first-order valence-electron chi connectivity index (χ1n) is 13.7. The van der Waals surface area contributed by atoms with Gasteiger partial charge in [-0.2, -0.15) is 0 Å². The van der Waals surface area contributed by atoms with Gasteiger partial charge in [0.2, 0.25) is 5.75 Å². The highest BCUT2D eigenvalue weighted by atomic mass is 16.5. The van der Waals surface area contributed by atoms with E-state index in [1.165, 1.54) is 0 Å². The van der Waals surface area contributed by atoms with Crippen LogP contribution in [-0.4, -0.2) is 58.5 Å². The van der Waals surface area contributed by atoms with Crippen LogP contribution in [-0.2, 0) is 4.79 Å². The number of fused-ring (bicyclic) bond motifs is 1. The fourth-order valence-electron chi connectivity index (χ4n) is 4.33. The van der Waals surface area contributed by atoms with Gasteiger partial charge in [0.25, 0.3) is 11.8 Å². The summed E-state index contributed by atoms with van der Waals surface area (Å²) in [6.45, 7) is 7.60. The first kappa shape index (κ1) is 29.4. The van der Waals surface area contributed by atoms with Gasteiger partial charge in [0.15, 0.2) is 18.1 Å². The van der Waals surface area contributed by atoms with Crippen LogP contribution in [0.1, 0.15) is 37.6 Å². The summed E-state index contributed by atoms with van der Waals surface area (Å²) in [5, 5.41) is 2.91. The summed E-state index contributed by atoms with van der Waals surface area (Å²) >= 11 is 0. The lowest BCUT2D eigenvalue weighted by Crippen LogP contribution is -2.39. The molecule has 10 nitrogen and oxygen atoms in total. The highest BCUT2D eigenvalue weighted by Crippen LogP contribution is 2.40. The number of methoxy groups -OCH3 is 1. The van der Waals surface area contributed by atoms with Crippen LogP contribution in [0.5, 0.6) is 34.5 Å². The summed E-state index contributed by atoms with van der Waals surface area (Å²) in [4.78, 5) is 27.7. The maximum absolute atomic E-state index is 13.3. The summed E-state index contributed by atoms with van der Waals surface area (Å²) in [7, 11) is 1.61. The van der Waals surface area contributed by atoms with E-state index in [1.807, 2.05) is 45.0 Å². The van der Waals surface area contributed by atoms with E-state index in [1.54, 1.807) is 42.3 Å². The van der Waals surface area contributed by atoms with Gasteiger partial charge < -0.3 is 38.6 Å². The Kier molecular flexibility index (Phi) is 10.1. The van der Waals surface area contributed by atoms with E-state index in [2.05, 4.69) is 5.32 Å². The van der Waals surface area contributed by atoms with E-state index in [0.717, 1.165) is 11.5 Å². The van der Waals surface area contributed by atoms with Crippen molar-refractivity contribution >= 4 is 23.2 Å². The van der Waals surface area contributed by atoms with Crippen LogP contribution in [0.3, 0.4) is 0 Å². The summed E-state index contributed by atoms with van der Waals surface area (Å²) < 4.78 is 33.8. The fraction of sp³-hybridized carbons (Fsp3) is 0.355. The standard InChI is InChI=1S/C31H36N2O8/c1-5-37-27-17-21(18-28(38-6-2)30(27)39-7-3)31(35)32-22-9-14-26-25(19-22)33(29(34)20-41-26)15-8-16-40-24-12-10-23(36-4)11-13-24/h9-14,17-19H,5-8,15-16,20H2,1-4H3,(H,32,35). The molecule has 0 aromatic heterocycles. The second-order valence-electron chi connectivity index (χ2n) is 8.95. The first-order chi connectivity index (χ1) is 20.0. The third-order valence-corrected chi connectivity index (χ3v) is 6.19. The molecule has 0 spiro atoms. The zero-order chi connectivity index (χ0) is 29.2. The SMILES string of the molecule is CCOc1cc(C(=O)Nc2ccc3c(c2)N(CCCOc2ccc(OC)cc2)C(=O)CO3)cc(OCC)c1OCC. The minimum atomic E-state index is -0.364. The molecule has 1 aliphatic heterocycles. The lowest BCUT2D eigenvalue weighted by atomic mass is 10.1. The lowest BCUT2D eigenvalue weighted by molar-refractivity contribution is -0.121. The third kappa shape index (κ3) is 7.33. The molecule has 1 heterocycles. The quantitative estimate of drug-likeness (QED) is 0.262. The smallest absolute Gasteiger partial charge is 0.265 e. The van der Waals surface area contributed by atoms with E-state index in [-0.39, 0.29) is 18.4 Å². The van der Waals surface area contributed by atoms with Crippen molar-refractivity contribution in [2.45, 2.75) is 27.2 Å². The summed E-state index contributed by atoms with van der Waals surface area (Å²) in [5.74, 6) is 2.83. The summed E-state index contributed by atoms with van der Waals surface area (Å²) in [6.07, 6.45) is 0.598. The minimum absolute atomic E-state index is 0.0510. The molecule has 218 valence electrons. The van der Waals surface area contributed by atoms with Gasteiger partial charge in [0.05, 0.1) is 39.2 Å². The molecule has 3 aromatic carbocycles. The molecule has 3 aromatic rings.